The van der Waals surface area contributed by atoms with Crippen molar-refractivity contribution in [2.45, 2.75) is 25.2 Å². The molecule has 1 saturated carbocycles. The van der Waals surface area contributed by atoms with Crippen molar-refractivity contribution >= 4 is 5.97 Å². The molecule has 1 aliphatic rings. The molecule has 102 valence electrons. The molecule has 0 radical (unpaired) electrons. The summed E-state index contributed by atoms with van der Waals surface area (Å²) in [5.74, 6) is 0.309. The Kier molecular flexibility index (Phi) is 2.97. The van der Waals surface area contributed by atoms with Gasteiger partial charge in [0.2, 0.25) is 0 Å². The van der Waals surface area contributed by atoms with Gasteiger partial charge >= 0.3 is 5.97 Å². The first-order valence-electron chi connectivity index (χ1n) is 6.51. The number of hydrogen-bond donors (Lipinski definition) is 0. The molecule has 3 rings (SSSR count). The van der Waals surface area contributed by atoms with Gasteiger partial charge in [0, 0.05) is 23.7 Å². The monoisotopic (exact) mass is 269 g/mol. The van der Waals surface area contributed by atoms with Crippen LogP contribution in [0.25, 0.3) is 11.3 Å². The van der Waals surface area contributed by atoms with Crippen LogP contribution >= 0.6 is 0 Å². The molecule has 2 heterocycles. The molecule has 2 aromatic heterocycles. The van der Waals surface area contributed by atoms with Gasteiger partial charge < -0.3 is 4.74 Å². The number of ether oxygens (including phenoxy) is 1. The average Bonchev–Trinajstić information content (AvgIpc) is 3.28. The van der Waals surface area contributed by atoms with Crippen LogP contribution in [0.1, 0.15) is 24.4 Å². The van der Waals surface area contributed by atoms with Crippen LogP contribution in [0.4, 0.5) is 0 Å². The van der Waals surface area contributed by atoms with Crippen molar-refractivity contribution in [3.05, 3.63) is 42.1 Å². The lowest BCUT2D eigenvalue weighted by atomic mass is 10.1. The Bertz CT molecular complexity index is 651. The lowest BCUT2D eigenvalue weighted by Gasteiger charge is -2.13. The number of aromatic nitrogens is 3. The molecule has 0 amide bonds. The van der Waals surface area contributed by atoms with Crippen molar-refractivity contribution in [1.29, 1.82) is 0 Å². The van der Waals surface area contributed by atoms with Crippen LogP contribution in [0, 0.1) is 6.92 Å². The largest absolute Gasteiger partial charge is 0.468 e. The van der Waals surface area contributed by atoms with E-state index >= 15 is 0 Å². The topological polar surface area (TPSA) is 65.0 Å². The summed E-state index contributed by atoms with van der Waals surface area (Å²) in [6.45, 7) is 1.90. The molecule has 0 aliphatic heterocycles. The number of nitrogens with zero attached hydrogens (tertiary/aromatic N) is 3. The minimum atomic E-state index is -0.641. The molecule has 2 aromatic rings. The van der Waals surface area contributed by atoms with Gasteiger partial charge in [0.05, 0.1) is 12.8 Å². The highest BCUT2D eigenvalue weighted by Crippen LogP contribution is 2.47. The number of pyridine rings is 1. The van der Waals surface area contributed by atoms with Crippen LogP contribution in [-0.2, 0) is 14.9 Å². The molecule has 1 fully saturated rings. The Morgan fingerprint density at radius 2 is 2.15 bits per heavy atom. The van der Waals surface area contributed by atoms with E-state index in [4.69, 9.17) is 4.74 Å². The van der Waals surface area contributed by atoms with Gasteiger partial charge in [-0.05, 0) is 38.0 Å². The Balaban J connectivity index is 2.07. The lowest BCUT2D eigenvalue weighted by Crippen LogP contribution is -2.25. The van der Waals surface area contributed by atoms with Gasteiger partial charge in [0.1, 0.15) is 11.2 Å². The van der Waals surface area contributed by atoms with Crippen molar-refractivity contribution in [2.75, 3.05) is 7.11 Å². The molecule has 1 aliphatic carbocycles. The predicted octanol–water partition coefficient (Wildman–Crippen LogP) is 2.05. The second kappa shape index (κ2) is 4.67. The van der Waals surface area contributed by atoms with E-state index in [9.17, 15) is 4.79 Å². The van der Waals surface area contributed by atoms with Crippen molar-refractivity contribution in [2.24, 2.45) is 0 Å². The summed E-state index contributed by atoms with van der Waals surface area (Å²) in [6, 6.07) is 5.70. The van der Waals surface area contributed by atoms with E-state index in [1.807, 2.05) is 25.1 Å². The molecular weight excluding hydrogens is 254 g/mol. The zero-order valence-corrected chi connectivity index (χ0v) is 11.5. The van der Waals surface area contributed by atoms with E-state index in [2.05, 4.69) is 15.0 Å². The highest BCUT2D eigenvalue weighted by Gasteiger charge is 2.55. The minimum absolute atomic E-state index is 0.250. The van der Waals surface area contributed by atoms with Gasteiger partial charge in [-0.2, -0.15) is 0 Å². The van der Waals surface area contributed by atoms with Crippen LogP contribution in [0.15, 0.2) is 30.6 Å². The molecule has 5 nitrogen and oxygen atoms in total. The fraction of sp³-hybridized carbons (Fsp3) is 0.333. The summed E-state index contributed by atoms with van der Waals surface area (Å²) in [5.41, 5.74) is 1.90. The van der Waals surface area contributed by atoms with Crippen LogP contribution < -0.4 is 0 Å². The van der Waals surface area contributed by atoms with E-state index < -0.39 is 5.41 Å². The maximum Gasteiger partial charge on any atom is 0.319 e. The van der Waals surface area contributed by atoms with Crippen LogP contribution in [0.2, 0.25) is 0 Å². The first-order chi connectivity index (χ1) is 9.65. The normalized spacial score (nSPS) is 15.7. The van der Waals surface area contributed by atoms with E-state index in [0.29, 0.717) is 5.82 Å². The van der Waals surface area contributed by atoms with Crippen LogP contribution in [0.3, 0.4) is 0 Å². The molecule has 20 heavy (non-hydrogen) atoms. The van der Waals surface area contributed by atoms with Crippen LogP contribution in [-0.4, -0.2) is 28.0 Å². The predicted molar refractivity (Wildman–Crippen MR) is 72.9 cm³/mol. The molecule has 0 spiro atoms. The number of esters is 1. The van der Waals surface area contributed by atoms with Crippen molar-refractivity contribution in [3.8, 4) is 11.3 Å². The second-order valence-electron chi connectivity index (χ2n) is 5.03. The van der Waals surface area contributed by atoms with Gasteiger partial charge in [-0.15, -0.1) is 0 Å². The summed E-state index contributed by atoms with van der Waals surface area (Å²) in [7, 11) is 1.40. The van der Waals surface area contributed by atoms with Gasteiger partial charge in [-0.3, -0.25) is 9.78 Å². The number of hydrogen-bond acceptors (Lipinski definition) is 5. The van der Waals surface area contributed by atoms with Gasteiger partial charge in [-0.1, -0.05) is 0 Å². The molecule has 0 aromatic carbocycles. The Morgan fingerprint density at radius 3 is 2.75 bits per heavy atom. The third kappa shape index (κ3) is 2.05. The second-order valence-corrected chi connectivity index (χ2v) is 5.03. The number of carbonyl (C=O) groups is 1. The van der Waals surface area contributed by atoms with Gasteiger partial charge in [0.15, 0.2) is 0 Å². The number of methoxy groups -OCH3 is 1. The molecule has 0 N–H and O–H groups in total. The van der Waals surface area contributed by atoms with E-state index in [1.54, 1.807) is 12.4 Å². The zero-order valence-electron chi connectivity index (χ0n) is 11.5. The fourth-order valence-corrected chi connectivity index (χ4v) is 2.28. The maximum absolute atomic E-state index is 11.9. The third-order valence-corrected chi connectivity index (χ3v) is 3.57. The first kappa shape index (κ1) is 12.7. The zero-order chi connectivity index (χ0) is 14.2. The minimum Gasteiger partial charge on any atom is -0.468 e. The SMILES string of the molecule is COC(=O)C1(c2nc(C)cc(-c3cccnc3)n2)CC1. The van der Waals surface area contributed by atoms with Crippen molar-refractivity contribution in [1.82, 2.24) is 15.0 Å². The smallest absolute Gasteiger partial charge is 0.319 e. The Labute approximate surface area is 117 Å². The van der Waals surface area contributed by atoms with E-state index in [0.717, 1.165) is 29.8 Å². The quantitative estimate of drug-likeness (QED) is 0.798. The third-order valence-electron chi connectivity index (χ3n) is 3.57. The molecular formula is C15H15N3O2. The molecule has 0 bridgehead atoms. The van der Waals surface area contributed by atoms with E-state index in [-0.39, 0.29) is 5.97 Å². The van der Waals surface area contributed by atoms with Gasteiger partial charge in [0.25, 0.3) is 0 Å². The fourth-order valence-electron chi connectivity index (χ4n) is 2.28. The number of aryl methyl sites for hydroxylation is 1. The Morgan fingerprint density at radius 1 is 1.35 bits per heavy atom. The number of rotatable bonds is 3. The highest BCUT2D eigenvalue weighted by atomic mass is 16.5. The molecule has 0 saturated heterocycles. The summed E-state index contributed by atoms with van der Waals surface area (Å²) in [5, 5.41) is 0. The maximum atomic E-state index is 11.9. The first-order valence-corrected chi connectivity index (χ1v) is 6.51. The molecule has 5 heteroatoms. The van der Waals surface area contributed by atoms with Crippen molar-refractivity contribution < 1.29 is 9.53 Å². The van der Waals surface area contributed by atoms with Gasteiger partial charge in [-0.25, -0.2) is 9.97 Å². The van der Waals surface area contributed by atoms with Crippen molar-refractivity contribution in [3.63, 3.8) is 0 Å². The number of carbonyl (C=O) groups excluding carboxylic acids is 1. The lowest BCUT2D eigenvalue weighted by molar-refractivity contribution is -0.143. The van der Waals surface area contributed by atoms with E-state index in [1.165, 1.54) is 7.11 Å². The summed E-state index contributed by atoms with van der Waals surface area (Å²) < 4.78 is 4.89. The molecule has 0 atom stereocenters. The van der Waals surface area contributed by atoms with Crippen LogP contribution in [0.5, 0.6) is 0 Å². The molecule has 0 unspecified atom stereocenters. The average molecular weight is 269 g/mol. The summed E-state index contributed by atoms with van der Waals surface area (Å²) in [4.78, 5) is 25.0. The Hall–Kier alpha value is -2.30. The summed E-state index contributed by atoms with van der Waals surface area (Å²) >= 11 is 0. The highest BCUT2D eigenvalue weighted by molar-refractivity contribution is 5.85. The summed E-state index contributed by atoms with van der Waals surface area (Å²) in [6.07, 6.45) is 4.96. The standard InChI is InChI=1S/C15H15N3O2/c1-10-8-12(11-4-3-7-16-9-11)18-13(17-10)15(5-6-15)14(19)20-2/h3-4,7-9H,5-6H2,1-2H3.